The van der Waals surface area contributed by atoms with Gasteiger partial charge in [0.15, 0.2) is 23.1 Å². The Balaban J connectivity index is 1.09. The van der Waals surface area contributed by atoms with Crippen LogP contribution in [-0.2, 0) is 12.0 Å². The minimum absolute atomic E-state index is 0.0485. The lowest BCUT2D eigenvalue weighted by Crippen LogP contribution is -2.46. The summed E-state index contributed by atoms with van der Waals surface area (Å²) in [6, 6.07) is 23.8. The van der Waals surface area contributed by atoms with Crippen LogP contribution in [0.4, 0.5) is 5.69 Å². The Morgan fingerprint density at radius 2 is 1.60 bits per heavy atom. The Morgan fingerprint density at radius 3 is 2.36 bits per heavy atom. The van der Waals surface area contributed by atoms with E-state index in [-0.39, 0.29) is 17.0 Å². The second-order valence-electron chi connectivity index (χ2n) is 13.4. The summed E-state index contributed by atoms with van der Waals surface area (Å²) >= 11 is 0. The van der Waals surface area contributed by atoms with E-state index in [0.29, 0.717) is 51.8 Å². The summed E-state index contributed by atoms with van der Waals surface area (Å²) in [4.78, 5) is 37.9. The fourth-order valence-electron chi connectivity index (χ4n) is 6.71. The van der Waals surface area contributed by atoms with E-state index in [1.54, 1.807) is 18.2 Å². The summed E-state index contributed by atoms with van der Waals surface area (Å²) < 4.78 is 6.46. The summed E-state index contributed by atoms with van der Waals surface area (Å²) in [6.45, 7) is 13.3. The fraction of sp³-hybridized carbons (Fsp3) is 0.342. The molecule has 1 atom stereocenters. The van der Waals surface area contributed by atoms with Crippen LogP contribution in [0.3, 0.4) is 0 Å². The van der Waals surface area contributed by atoms with Crippen molar-refractivity contribution in [1.29, 1.82) is 0 Å². The van der Waals surface area contributed by atoms with E-state index < -0.39 is 5.92 Å². The second-order valence-corrected chi connectivity index (χ2v) is 13.4. The predicted octanol–water partition coefficient (Wildman–Crippen LogP) is 6.09. The summed E-state index contributed by atoms with van der Waals surface area (Å²) in [5, 5.41) is 3.53. The van der Waals surface area contributed by atoms with Gasteiger partial charge in [-0.3, -0.25) is 14.5 Å². The van der Waals surface area contributed by atoms with E-state index in [1.807, 2.05) is 24.3 Å². The highest BCUT2D eigenvalue weighted by Crippen LogP contribution is 2.44. The zero-order chi connectivity index (χ0) is 31.1. The first-order valence-electron chi connectivity index (χ1n) is 16.0. The molecular formula is C38H40N4O3. The molecule has 230 valence electrons. The molecule has 1 unspecified atom stereocenters. The van der Waals surface area contributed by atoms with Gasteiger partial charge in [-0.1, -0.05) is 81.4 Å². The molecule has 7 nitrogen and oxygen atoms in total. The van der Waals surface area contributed by atoms with Gasteiger partial charge in [0.1, 0.15) is 5.69 Å². The smallest absolute Gasteiger partial charge is 0.192 e. The maximum absolute atomic E-state index is 14.0. The van der Waals surface area contributed by atoms with Gasteiger partial charge in [0.2, 0.25) is 0 Å². The van der Waals surface area contributed by atoms with Crippen LogP contribution in [0.5, 0.6) is 5.75 Å². The van der Waals surface area contributed by atoms with E-state index in [2.05, 4.69) is 72.3 Å². The number of carbonyl (C=O) groups excluding carboxylic acids is 2. The average molecular weight is 601 g/mol. The SMILES string of the molecule is CC(C)(C)c1ccc2c(c1)OC1=CC(NCCCN3CCN(Cc4ccccc4)CC3)=C3C(=O)c4ccccc4C(=O)C3C1=N2. The first-order valence-corrected chi connectivity index (χ1v) is 16.0. The van der Waals surface area contributed by atoms with Gasteiger partial charge in [0, 0.05) is 67.7 Å². The number of aliphatic imine (C=N–C) groups is 1. The quantitative estimate of drug-likeness (QED) is 0.331. The van der Waals surface area contributed by atoms with Crippen LogP contribution in [0, 0.1) is 5.92 Å². The lowest BCUT2D eigenvalue weighted by molar-refractivity contribution is 0.0908. The van der Waals surface area contributed by atoms with Crippen molar-refractivity contribution in [2.45, 2.75) is 39.2 Å². The van der Waals surface area contributed by atoms with E-state index >= 15 is 0 Å². The number of carbonyl (C=O) groups is 2. The van der Waals surface area contributed by atoms with Crippen molar-refractivity contribution >= 4 is 23.0 Å². The number of Topliss-reactive ketones (excluding diaryl/α,β-unsaturated/α-hetero) is 2. The van der Waals surface area contributed by atoms with Gasteiger partial charge >= 0.3 is 0 Å². The summed E-state index contributed by atoms with van der Waals surface area (Å²) in [6.07, 6.45) is 2.79. The van der Waals surface area contributed by atoms with Gasteiger partial charge in [-0.15, -0.1) is 0 Å². The third-order valence-electron chi connectivity index (χ3n) is 9.29. The predicted molar refractivity (Wildman–Crippen MR) is 177 cm³/mol. The molecule has 2 aliphatic carbocycles. The van der Waals surface area contributed by atoms with Crippen molar-refractivity contribution in [1.82, 2.24) is 15.1 Å². The zero-order valence-corrected chi connectivity index (χ0v) is 26.3. The number of rotatable bonds is 7. The first kappa shape index (κ1) is 29.4. The normalized spacial score (nSPS) is 19.9. The van der Waals surface area contributed by atoms with Crippen LogP contribution in [0.15, 0.2) is 101 Å². The Kier molecular flexibility index (Phi) is 7.76. The lowest BCUT2D eigenvalue weighted by atomic mass is 9.72. The lowest BCUT2D eigenvalue weighted by Gasteiger charge is -2.35. The molecule has 0 aromatic heterocycles. The third-order valence-corrected chi connectivity index (χ3v) is 9.29. The zero-order valence-electron chi connectivity index (χ0n) is 26.3. The number of allylic oxidation sites excluding steroid dienone is 3. The number of hydrogen-bond acceptors (Lipinski definition) is 7. The van der Waals surface area contributed by atoms with Crippen molar-refractivity contribution in [3.63, 3.8) is 0 Å². The summed E-state index contributed by atoms with van der Waals surface area (Å²) in [5.74, 6) is 0.152. The van der Waals surface area contributed by atoms with Gasteiger partial charge in [0.25, 0.3) is 0 Å². The Labute approximate surface area is 265 Å². The van der Waals surface area contributed by atoms with Crippen LogP contribution in [0.25, 0.3) is 0 Å². The van der Waals surface area contributed by atoms with Crippen LogP contribution < -0.4 is 10.1 Å². The molecule has 7 rings (SSSR count). The molecule has 2 aliphatic heterocycles. The number of ketones is 2. The van der Waals surface area contributed by atoms with Gasteiger partial charge in [-0.05, 0) is 41.6 Å². The van der Waals surface area contributed by atoms with E-state index in [0.717, 1.165) is 51.3 Å². The first-order chi connectivity index (χ1) is 21.8. The molecule has 1 saturated heterocycles. The van der Waals surface area contributed by atoms with E-state index in [9.17, 15) is 9.59 Å². The van der Waals surface area contributed by atoms with Crippen molar-refractivity contribution in [2.75, 3.05) is 39.3 Å². The minimum atomic E-state index is -0.803. The molecule has 0 amide bonds. The summed E-state index contributed by atoms with van der Waals surface area (Å²) in [5.41, 5.74) is 5.65. The highest BCUT2D eigenvalue weighted by molar-refractivity contribution is 6.33. The Bertz CT molecular complexity index is 1740. The molecule has 7 heteroatoms. The number of ether oxygens (including phenoxy) is 1. The van der Waals surface area contributed by atoms with Crippen molar-refractivity contribution < 1.29 is 14.3 Å². The number of fused-ring (bicyclic) bond motifs is 5. The molecule has 4 aliphatic rings. The Hall–Kier alpha value is -4.33. The van der Waals surface area contributed by atoms with Crippen molar-refractivity contribution in [2.24, 2.45) is 10.9 Å². The van der Waals surface area contributed by atoms with Crippen LogP contribution in [0.1, 0.15) is 59.0 Å². The van der Waals surface area contributed by atoms with Gasteiger partial charge in [-0.2, -0.15) is 0 Å². The topological polar surface area (TPSA) is 74.2 Å². The van der Waals surface area contributed by atoms with Gasteiger partial charge < -0.3 is 15.0 Å². The number of benzene rings is 3. The van der Waals surface area contributed by atoms with Gasteiger partial charge in [-0.25, -0.2) is 4.99 Å². The molecular weight excluding hydrogens is 560 g/mol. The second kappa shape index (κ2) is 11.9. The summed E-state index contributed by atoms with van der Waals surface area (Å²) in [7, 11) is 0. The van der Waals surface area contributed by atoms with Crippen LogP contribution >= 0.6 is 0 Å². The van der Waals surface area contributed by atoms with Gasteiger partial charge in [0.05, 0.1) is 11.6 Å². The number of nitrogens with zero attached hydrogens (tertiary/aromatic N) is 3. The van der Waals surface area contributed by atoms with E-state index in [4.69, 9.17) is 9.73 Å². The van der Waals surface area contributed by atoms with Crippen LogP contribution in [-0.4, -0.2) is 66.3 Å². The molecule has 0 radical (unpaired) electrons. The minimum Gasteiger partial charge on any atom is -0.453 e. The molecule has 0 bridgehead atoms. The molecule has 3 aromatic carbocycles. The molecule has 2 heterocycles. The third kappa shape index (κ3) is 5.78. The maximum atomic E-state index is 14.0. The monoisotopic (exact) mass is 600 g/mol. The highest BCUT2D eigenvalue weighted by atomic mass is 16.5. The van der Waals surface area contributed by atoms with Crippen molar-refractivity contribution in [3.05, 3.63) is 118 Å². The van der Waals surface area contributed by atoms with Crippen molar-refractivity contribution in [3.8, 4) is 5.75 Å². The molecule has 1 fully saturated rings. The molecule has 0 spiro atoms. The number of nitrogens with one attached hydrogen (secondary N) is 1. The fourth-order valence-corrected chi connectivity index (χ4v) is 6.71. The molecule has 0 saturated carbocycles. The highest BCUT2D eigenvalue weighted by Gasteiger charge is 2.46. The van der Waals surface area contributed by atoms with E-state index in [1.165, 1.54) is 5.56 Å². The number of hydrogen-bond donors (Lipinski definition) is 1. The number of piperazine rings is 1. The molecule has 3 aromatic rings. The maximum Gasteiger partial charge on any atom is 0.192 e. The average Bonchev–Trinajstić information content (AvgIpc) is 3.04. The molecule has 1 N–H and O–H groups in total. The standard InChI is InChI=1S/C38H40N4O3/c1-38(2,3)26-14-15-29-31(22-26)45-32-23-30(33-34(35(32)40-29)37(44)28-13-8-7-12-27(28)36(33)43)39-16-9-17-41-18-20-42(21-19-41)24-25-10-5-4-6-11-25/h4-8,10-15,22-23,34,39H,9,16-21,24H2,1-3H3. The largest absolute Gasteiger partial charge is 0.453 e. The van der Waals surface area contributed by atoms with Crippen LogP contribution in [0.2, 0.25) is 0 Å². The Morgan fingerprint density at radius 1 is 0.889 bits per heavy atom. The molecule has 45 heavy (non-hydrogen) atoms.